The minimum absolute atomic E-state index is 0.159. The van der Waals surface area contributed by atoms with Crippen molar-refractivity contribution in [2.75, 3.05) is 14.2 Å². The van der Waals surface area contributed by atoms with Crippen LogP contribution in [-0.2, 0) is 27.6 Å². The lowest BCUT2D eigenvalue weighted by Gasteiger charge is -2.26. The van der Waals surface area contributed by atoms with Gasteiger partial charge in [-0.2, -0.15) is 0 Å². The molecule has 0 N–H and O–H groups in total. The maximum absolute atomic E-state index is 12.5. The van der Waals surface area contributed by atoms with E-state index in [4.69, 9.17) is 22.6 Å². The van der Waals surface area contributed by atoms with Gasteiger partial charge in [0.05, 0.1) is 24.0 Å². The number of methoxy groups -OCH3 is 2. The summed E-state index contributed by atoms with van der Waals surface area (Å²) in [7, 11) is 3.26. The molecule has 6 rings (SSSR count). The number of ether oxygens (including phenoxy) is 3. The zero-order chi connectivity index (χ0) is 39.1. The quantitative estimate of drug-likeness (QED) is 0.113. The van der Waals surface area contributed by atoms with Gasteiger partial charge in [0.25, 0.3) is 0 Å². The standard InChI is InChI=1S/C29H28O4S.C14H14O3S.I2/c1-21-5-11-27(12-6-21)33-34(30)28-19-17-26(18-20-28)32-25-15-9-23(10-16-25)29(2,3)22-7-13-24(31-4)14-8-22;1-11-3-5-13(6-4-11)17-18(15)14-9-7-12(16-2)8-10-14;1-2/h5-20H,1-4H3;3-10H,1-2H3;. The van der Waals surface area contributed by atoms with Gasteiger partial charge in [-0.15, -0.1) is 0 Å². The first kappa shape index (κ1) is 42.8. The topological polar surface area (TPSA) is 80.3 Å². The number of rotatable bonds is 12. The third kappa shape index (κ3) is 12.6. The molecule has 7 nitrogen and oxygen atoms in total. The fourth-order valence-electron chi connectivity index (χ4n) is 5.01. The summed E-state index contributed by atoms with van der Waals surface area (Å²) in [5.41, 5.74) is 4.49. The van der Waals surface area contributed by atoms with Crippen molar-refractivity contribution in [2.24, 2.45) is 0 Å². The molecule has 0 amide bonds. The number of benzene rings is 6. The molecule has 11 heteroatoms. The summed E-state index contributed by atoms with van der Waals surface area (Å²) in [5, 5.41) is 0. The van der Waals surface area contributed by atoms with E-state index in [1.165, 1.54) is 11.1 Å². The van der Waals surface area contributed by atoms with Gasteiger partial charge in [-0.05, 0) is 122 Å². The molecule has 54 heavy (non-hydrogen) atoms. The van der Waals surface area contributed by atoms with E-state index in [0.717, 1.165) is 28.4 Å². The normalized spacial score (nSPS) is 11.7. The van der Waals surface area contributed by atoms with Crippen molar-refractivity contribution in [3.05, 3.63) is 168 Å². The predicted molar refractivity (Wildman–Crippen MR) is 236 cm³/mol. The van der Waals surface area contributed by atoms with Gasteiger partial charge in [-0.3, -0.25) is 0 Å². The number of halogens is 2. The van der Waals surface area contributed by atoms with Gasteiger partial charge >= 0.3 is 0 Å². The first-order valence-corrected chi connectivity index (χ1v) is 25.1. The number of hydrogen-bond donors (Lipinski definition) is 0. The van der Waals surface area contributed by atoms with Crippen molar-refractivity contribution in [1.82, 2.24) is 0 Å². The second-order valence-corrected chi connectivity index (χ2v) is 14.6. The average Bonchev–Trinajstić information content (AvgIpc) is 3.21. The molecular formula is C43H42I2O7S2. The van der Waals surface area contributed by atoms with E-state index < -0.39 is 22.2 Å². The lowest BCUT2D eigenvalue weighted by atomic mass is 9.78. The summed E-state index contributed by atoms with van der Waals surface area (Å²) in [6, 6.07) is 45.2. The molecule has 0 saturated heterocycles. The molecule has 0 saturated carbocycles. The van der Waals surface area contributed by atoms with Gasteiger partial charge in [0.2, 0.25) is 22.2 Å². The molecule has 282 valence electrons. The van der Waals surface area contributed by atoms with Crippen LogP contribution in [-0.4, -0.2) is 22.6 Å². The SMILES string of the molecule is COc1ccc(C(C)(C)c2ccc(Oc3ccc(S(=O)Oc4ccc(C)cc4)cc3)cc2)cc1.COc1ccc(S(=O)Oc2ccc(C)cc2)cc1.II. The zero-order valence-electron chi connectivity index (χ0n) is 30.8. The fourth-order valence-corrected chi connectivity index (χ4v) is 6.50. The van der Waals surface area contributed by atoms with Crippen LogP contribution in [0.3, 0.4) is 0 Å². The number of hydrogen-bond acceptors (Lipinski definition) is 7. The van der Waals surface area contributed by atoms with Gasteiger partial charge in [0.15, 0.2) is 0 Å². The highest BCUT2D eigenvalue weighted by Gasteiger charge is 2.23. The van der Waals surface area contributed by atoms with Crippen LogP contribution < -0.4 is 22.6 Å². The summed E-state index contributed by atoms with van der Waals surface area (Å²) < 4.78 is 51.6. The van der Waals surface area contributed by atoms with Crippen molar-refractivity contribution < 1.29 is 31.0 Å². The molecule has 0 fully saturated rings. The van der Waals surface area contributed by atoms with E-state index >= 15 is 0 Å². The van der Waals surface area contributed by atoms with E-state index in [-0.39, 0.29) is 5.41 Å². The highest BCUT2D eigenvalue weighted by atomic mass is 128. The molecular weight excluding hydrogens is 946 g/mol. The average molecular weight is 989 g/mol. The van der Waals surface area contributed by atoms with Crippen molar-refractivity contribution in [1.29, 1.82) is 0 Å². The molecule has 0 heterocycles. The van der Waals surface area contributed by atoms with Crippen LogP contribution in [0.25, 0.3) is 0 Å². The van der Waals surface area contributed by atoms with E-state index in [2.05, 4.69) is 75.3 Å². The first-order valence-electron chi connectivity index (χ1n) is 16.7. The largest absolute Gasteiger partial charge is 0.497 e. The Balaban J connectivity index is 0.000000273. The molecule has 6 aromatic rings. The summed E-state index contributed by atoms with van der Waals surface area (Å²) >= 11 is 1.14. The molecule has 2 atom stereocenters. The van der Waals surface area contributed by atoms with E-state index in [9.17, 15) is 8.42 Å². The first-order chi connectivity index (χ1) is 26.0. The molecule has 0 bridgehead atoms. The van der Waals surface area contributed by atoms with Crippen LogP contribution in [0.2, 0.25) is 0 Å². The van der Waals surface area contributed by atoms with Crippen LogP contribution in [0.4, 0.5) is 0 Å². The highest BCUT2D eigenvalue weighted by molar-refractivity contribution is 15.0. The summed E-state index contributed by atoms with van der Waals surface area (Å²) in [4.78, 5) is 1.18. The molecule has 0 radical (unpaired) electrons. The van der Waals surface area contributed by atoms with E-state index in [0.29, 0.717) is 27.0 Å². The summed E-state index contributed by atoms with van der Waals surface area (Å²) in [5.74, 6) is 4.14. The van der Waals surface area contributed by atoms with Crippen molar-refractivity contribution in [2.45, 2.75) is 42.9 Å². The minimum Gasteiger partial charge on any atom is -0.497 e. The van der Waals surface area contributed by atoms with E-state index in [1.807, 2.05) is 74.5 Å². The Hall–Kier alpha value is -3.92. The Morgan fingerprint density at radius 3 is 1.04 bits per heavy atom. The van der Waals surface area contributed by atoms with Gasteiger partial charge in [0, 0.05) is 42.6 Å². The molecule has 6 aromatic carbocycles. The minimum atomic E-state index is -1.59. The Kier molecular flexibility index (Phi) is 16.8. The van der Waals surface area contributed by atoms with Gasteiger partial charge in [-0.1, -0.05) is 73.5 Å². The Bertz CT molecular complexity index is 2070. The molecule has 0 aliphatic heterocycles. The van der Waals surface area contributed by atoms with Crippen LogP contribution in [0.1, 0.15) is 36.1 Å². The Morgan fingerprint density at radius 1 is 0.426 bits per heavy atom. The smallest absolute Gasteiger partial charge is 0.240 e. The summed E-state index contributed by atoms with van der Waals surface area (Å²) in [6.45, 7) is 8.38. The zero-order valence-corrected chi connectivity index (χ0v) is 36.7. The second-order valence-electron chi connectivity index (χ2n) is 12.4. The molecule has 2 unspecified atom stereocenters. The molecule has 0 spiro atoms. The van der Waals surface area contributed by atoms with E-state index in [1.54, 1.807) is 74.9 Å². The fraction of sp³-hybridized carbons (Fsp3) is 0.163. The lowest BCUT2D eigenvalue weighted by Crippen LogP contribution is -2.18. The van der Waals surface area contributed by atoms with Crippen LogP contribution in [0, 0.1) is 13.8 Å². The Morgan fingerprint density at radius 2 is 0.704 bits per heavy atom. The molecule has 0 aliphatic rings. The maximum Gasteiger partial charge on any atom is 0.240 e. The third-order valence-corrected chi connectivity index (χ3v) is 10.3. The molecule has 0 aliphatic carbocycles. The van der Waals surface area contributed by atoms with Crippen molar-refractivity contribution in [3.8, 4) is 34.5 Å². The second kappa shape index (κ2) is 21.2. The number of aryl methyl sites for hydroxylation is 2. The molecule has 0 aromatic heterocycles. The third-order valence-electron chi connectivity index (χ3n) is 8.28. The van der Waals surface area contributed by atoms with Gasteiger partial charge in [-0.25, -0.2) is 8.42 Å². The summed E-state index contributed by atoms with van der Waals surface area (Å²) in [6.07, 6.45) is 0. The van der Waals surface area contributed by atoms with Crippen molar-refractivity contribution in [3.63, 3.8) is 0 Å². The van der Waals surface area contributed by atoms with Crippen LogP contribution in [0.15, 0.2) is 155 Å². The Labute approximate surface area is 347 Å². The van der Waals surface area contributed by atoms with Gasteiger partial charge < -0.3 is 22.6 Å². The highest BCUT2D eigenvalue weighted by Crippen LogP contribution is 2.34. The lowest BCUT2D eigenvalue weighted by molar-refractivity contribution is 0.414. The van der Waals surface area contributed by atoms with Crippen LogP contribution >= 0.6 is 37.2 Å². The monoisotopic (exact) mass is 988 g/mol. The van der Waals surface area contributed by atoms with Gasteiger partial charge in [0.1, 0.15) is 34.5 Å². The van der Waals surface area contributed by atoms with Crippen LogP contribution in [0.5, 0.6) is 34.5 Å². The van der Waals surface area contributed by atoms with Crippen molar-refractivity contribution >= 4 is 59.4 Å². The maximum atomic E-state index is 12.5. The predicted octanol–water partition coefficient (Wildman–Crippen LogP) is 12.1.